The molecule has 3 aliphatic heterocycles. The first kappa shape index (κ1) is 43.2. The van der Waals surface area contributed by atoms with Gasteiger partial charge in [-0.2, -0.15) is 13.2 Å². The Bertz CT molecular complexity index is 2660. The molecule has 3 aliphatic rings. The first-order chi connectivity index (χ1) is 31.6. The van der Waals surface area contributed by atoms with E-state index >= 15 is 0 Å². The number of nitrogens with zero attached hydrogens (tertiary/aromatic N) is 6. The van der Waals surface area contributed by atoms with Crippen molar-refractivity contribution in [3.8, 4) is 16.9 Å². The van der Waals surface area contributed by atoms with Crippen LogP contribution in [0.3, 0.4) is 0 Å². The monoisotopic (exact) mass is 883 g/mol. The summed E-state index contributed by atoms with van der Waals surface area (Å²) in [5.41, 5.74) is 6.24. The summed E-state index contributed by atoms with van der Waals surface area (Å²) in [6, 6.07) is 37.8. The topological polar surface area (TPSA) is 83.9 Å². The molecule has 0 bridgehead atoms. The van der Waals surface area contributed by atoms with E-state index in [4.69, 9.17) is 24.2 Å². The number of alkyl halides is 3. The van der Waals surface area contributed by atoms with E-state index in [1.807, 2.05) is 42.5 Å². The molecule has 10 nitrogen and oxygen atoms in total. The Hall–Kier alpha value is -5.73. The van der Waals surface area contributed by atoms with E-state index in [2.05, 4.69) is 93.2 Å². The number of likely N-dealkylation sites (tertiary alicyclic amines) is 2. The summed E-state index contributed by atoms with van der Waals surface area (Å²) in [7, 11) is 4.32. The number of aromatic nitrogens is 4. The van der Waals surface area contributed by atoms with E-state index in [1.165, 1.54) is 0 Å². The van der Waals surface area contributed by atoms with Gasteiger partial charge in [0.15, 0.2) is 12.1 Å². The average molecular weight is 884 g/mol. The second kappa shape index (κ2) is 18.6. The summed E-state index contributed by atoms with van der Waals surface area (Å²) >= 11 is 0. The van der Waals surface area contributed by atoms with Gasteiger partial charge in [-0.3, -0.25) is 5.01 Å². The molecule has 2 aromatic heterocycles. The molecule has 1 N–H and O–H groups in total. The number of fused-ring (bicyclic) bond motifs is 2. The number of H-pyrrole nitrogens is 1. The Kier molecular flexibility index (Phi) is 12.4. The maximum atomic E-state index is 13.7. The van der Waals surface area contributed by atoms with Gasteiger partial charge in [-0.05, 0) is 143 Å². The van der Waals surface area contributed by atoms with Crippen LogP contribution in [-0.2, 0) is 15.7 Å². The number of benzene rings is 5. The molecular formula is C52H56F3N7O3. The fourth-order valence-electron chi connectivity index (χ4n) is 9.78. The van der Waals surface area contributed by atoms with Crippen LogP contribution < -0.4 is 9.75 Å². The van der Waals surface area contributed by atoms with Crippen molar-refractivity contribution in [2.45, 2.75) is 81.7 Å². The third-order valence-corrected chi connectivity index (χ3v) is 13.3. The number of hydrogen-bond acceptors (Lipinski definition) is 8. The number of rotatable bonds is 12. The van der Waals surface area contributed by atoms with E-state index in [0.717, 1.165) is 139 Å². The number of hydrogen-bond donors (Lipinski definition) is 1. The molecule has 3 atom stereocenters. The van der Waals surface area contributed by atoms with E-state index in [9.17, 15) is 13.2 Å². The SMILES string of the molecule is CN1CCC(OC(c2cccc(-c3ccc(C(F)(F)F)cc3)c2)c2nc3ccccc3n2N(C2CCN(C)CC2)C(c2cccc(OC3CCCCO3)c2)c2nc3ccccc3[nH]2)CC1. The highest BCUT2D eigenvalue weighted by atomic mass is 19.4. The van der Waals surface area contributed by atoms with Gasteiger partial charge in [0.05, 0.1) is 40.3 Å². The van der Waals surface area contributed by atoms with Gasteiger partial charge in [0.25, 0.3) is 0 Å². The predicted octanol–water partition coefficient (Wildman–Crippen LogP) is 10.5. The van der Waals surface area contributed by atoms with Crippen molar-refractivity contribution in [3.63, 3.8) is 0 Å². The molecule has 13 heteroatoms. The average Bonchev–Trinajstić information content (AvgIpc) is 3.93. The summed E-state index contributed by atoms with van der Waals surface area (Å²) in [5, 5.41) is 2.50. The highest BCUT2D eigenvalue weighted by molar-refractivity contribution is 5.78. The Morgan fingerprint density at radius 2 is 1.42 bits per heavy atom. The van der Waals surface area contributed by atoms with Crippen molar-refractivity contribution in [1.82, 2.24) is 29.4 Å². The zero-order chi connectivity index (χ0) is 44.5. The molecule has 5 aromatic carbocycles. The van der Waals surface area contributed by atoms with Crippen LogP contribution in [0.1, 0.15) is 85.4 Å². The highest BCUT2D eigenvalue weighted by Crippen LogP contribution is 2.40. The van der Waals surface area contributed by atoms with Crippen LogP contribution in [-0.4, -0.2) is 94.7 Å². The number of para-hydroxylation sites is 4. The maximum Gasteiger partial charge on any atom is 0.416 e. The van der Waals surface area contributed by atoms with Crippen molar-refractivity contribution in [2.75, 3.05) is 51.9 Å². The summed E-state index contributed by atoms with van der Waals surface area (Å²) < 4.78 is 63.3. The van der Waals surface area contributed by atoms with Crippen LogP contribution in [0, 0.1) is 0 Å². The number of halogens is 3. The van der Waals surface area contributed by atoms with Crippen LogP contribution in [0.2, 0.25) is 0 Å². The third kappa shape index (κ3) is 9.38. The largest absolute Gasteiger partial charge is 0.465 e. The van der Waals surface area contributed by atoms with E-state index in [0.29, 0.717) is 12.2 Å². The van der Waals surface area contributed by atoms with Crippen molar-refractivity contribution in [3.05, 3.63) is 150 Å². The van der Waals surface area contributed by atoms with Crippen LogP contribution in [0.4, 0.5) is 13.2 Å². The lowest BCUT2D eigenvalue weighted by Crippen LogP contribution is -2.52. The van der Waals surface area contributed by atoms with Gasteiger partial charge in [-0.15, -0.1) is 0 Å². The molecule has 338 valence electrons. The van der Waals surface area contributed by atoms with Crippen molar-refractivity contribution in [2.24, 2.45) is 0 Å². The fourth-order valence-corrected chi connectivity index (χ4v) is 9.78. The molecule has 0 spiro atoms. The normalized spacial score (nSPS) is 19.4. The lowest BCUT2D eigenvalue weighted by Gasteiger charge is -2.44. The summed E-state index contributed by atoms with van der Waals surface area (Å²) in [5.74, 6) is 2.24. The molecule has 3 unspecified atom stereocenters. The minimum absolute atomic E-state index is 0.0366. The molecule has 7 aromatic rings. The molecule has 0 radical (unpaired) electrons. The minimum Gasteiger partial charge on any atom is -0.465 e. The molecule has 3 saturated heterocycles. The van der Waals surface area contributed by atoms with Gasteiger partial charge in [0.1, 0.15) is 23.7 Å². The molecular weight excluding hydrogens is 828 g/mol. The highest BCUT2D eigenvalue weighted by Gasteiger charge is 2.39. The molecule has 65 heavy (non-hydrogen) atoms. The molecule has 0 saturated carbocycles. The molecule has 0 aliphatic carbocycles. The number of nitrogens with one attached hydrogen (secondary N) is 1. The van der Waals surface area contributed by atoms with Gasteiger partial charge >= 0.3 is 6.18 Å². The lowest BCUT2D eigenvalue weighted by molar-refractivity contribution is -0.137. The van der Waals surface area contributed by atoms with Crippen molar-refractivity contribution in [1.29, 1.82) is 0 Å². The van der Waals surface area contributed by atoms with Gasteiger partial charge in [-0.1, -0.05) is 66.7 Å². The number of ether oxygens (including phenoxy) is 3. The Morgan fingerprint density at radius 1 is 0.708 bits per heavy atom. The van der Waals surface area contributed by atoms with Crippen LogP contribution in [0.25, 0.3) is 33.2 Å². The first-order valence-electron chi connectivity index (χ1n) is 23.0. The van der Waals surface area contributed by atoms with Gasteiger partial charge < -0.3 is 29.0 Å². The molecule has 10 rings (SSSR count). The van der Waals surface area contributed by atoms with Gasteiger partial charge in [-0.25, -0.2) is 14.6 Å². The van der Waals surface area contributed by atoms with Crippen LogP contribution >= 0.6 is 0 Å². The van der Waals surface area contributed by atoms with Crippen LogP contribution in [0.15, 0.2) is 121 Å². The summed E-state index contributed by atoms with van der Waals surface area (Å²) in [6.45, 7) is 4.30. The van der Waals surface area contributed by atoms with Crippen molar-refractivity contribution >= 4 is 22.1 Å². The van der Waals surface area contributed by atoms with Gasteiger partial charge in [0, 0.05) is 25.6 Å². The minimum atomic E-state index is -4.43. The zero-order valence-corrected chi connectivity index (χ0v) is 37.0. The standard InChI is InChI=1S/C52H56F3N7O3/c1-59-28-24-40(25-29-59)61(48(50-56-43-15-3-4-16-44(43)57-50)37-12-10-14-42(34-37)64-47-19-7-8-32-63-47)62-46-18-6-5-17-45(46)58-51(62)49(65-41-26-30-60(2)31-27-41)38-13-9-11-36(33-38)35-20-22-39(23-21-35)52(53,54)55/h3-6,9-18,20-23,33-34,40-41,47-49H,7-8,19,24-32H2,1-2H3,(H,56,57). The molecule has 0 amide bonds. The summed E-state index contributed by atoms with van der Waals surface area (Å²) in [6.07, 6.45) is 0.952. The summed E-state index contributed by atoms with van der Waals surface area (Å²) in [4.78, 5) is 19.3. The van der Waals surface area contributed by atoms with E-state index in [-0.39, 0.29) is 18.4 Å². The fraction of sp³-hybridized carbons (Fsp3) is 0.385. The second-order valence-electron chi connectivity index (χ2n) is 17.9. The maximum absolute atomic E-state index is 13.7. The smallest absolute Gasteiger partial charge is 0.416 e. The lowest BCUT2D eigenvalue weighted by atomic mass is 9.98. The van der Waals surface area contributed by atoms with Crippen LogP contribution in [0.5, 0.6) is 5.75 Å². The predicted molar refractivity (Wildman–Crippen MR) is 247 cm³/mol. The number of piperidine rings is 2. The van der Waals surface area contributed by atoms with E-state index < -0.39 is 23.9 Å². The molecule has 5 heterocycles. The quantitative estimate of drug-likeness (QED) is 0.130. The third-order valence-electron chi connectivity index (χ3n) is 13.3. The first-order valence-corrected chi connectivity index (χ1v) is 23.0. The van der Waals surface area contributed by atoms with E-state index in [1.54, 1.807) is 12.1 Å². The zero-order valence-electron chi connectivity index (χ0n) is 37.0. The van der Waals surface area contributed by atoms with Crippen molar-refractivity contribution < 1.29 is 27.4 Å². The Labute approximate surface area is 377 Å². The molecule has 3 fully saturated rings. The number of imidazole rings is 2. The Balaban J connectivity index is 1.17. The Morgan fingerprint density at radius 3 is 2.15 bits per heavy atom. The van der Waals surface area contributed by atoms with Gasteiger partial charge in [0.2, 0.25) is 0 Å². The number of aromatic amines is 1. The second-order valence-corrected chi connectivity index (χ2v) is 17.9.